The average Bonchev–Trinajstić information content (AvgIpc) is 2.92. The number of benzene rings is 2. The maximum Gasteiger partial charge on any atom is 0.123 e. The van der Waals surface area contributed by atoms with Crippen molar-refractivity contribution in [1.29, 1.82) is 0 Å². The fraction of sp³-hybridized carbons (Fsp3) is 0.0526. The molecule has 22 heavy (non-hydrogen) atoms. The van der Waals surface area contributed by atoms with E-state index in [4.69, 9.17) is 0 Å². The number of hydrogen-bond acceptors (Lipinski definition) is 0. The van der Waals surface area contributed by atoms with Gasteiger partial charge in [0, 0.05) is 27.3 Å². The van der Waals surface area contributed by atoms with Crippen LogP contribution in [0, 0.1) is 5.82 Å². The second-order valence-corrected chi connectivity index (χ2v) is 5.84. The highest BCUT2D eigenvalue weighted by molar-refractivity contribution is 9.10. The molecular weight excluding hydrogens is 341 g/mol. The lowest BCUT2D eigenvalue weighted by Crippen LogP contribution is -1.96. The predicted molar refractivity (Wildman–Crippen MR) is 95.7 cm³/mol. The molecule has 2 aromatic carbocycles. The molecule has 0 atom stereocenters. The van der Waals surface area contributed by atoms with Crippen LogP contribution in [0.5, 0.6) is 0 Å². The van der Waals surface area contributed by atoms with E-state index in [1.54, 1.807) is 12.1 Å². The number of fused-ring (bicyclic) bond motifs is 1. The summed E-state index contributed by atoms with van der Waals surface area (Å²) >= 11 is 3.61. The van der Waals surface area contributed by atoms with Gasteiger partial charge in [0.2, 0.25) is 0 Å². The van der Waals surface area contributed by atoms with Gasteiger partial charge in [-0.05, 0) is 48.9 Å². The van der Waals surface area contributed by atoms with Gasteiger partial charge in [-0.15, -0.1) is 0 Å². The van der Waals surface area contributed by atoms with Crippen LogP contribution in [-0.2, 0) is 0 Å². The highest BCUT2D eigenvalue weighted by Gasteiger charge is 2.12. The summed E-state index contributed by atoms with van der Waals surface area (Å²) in [5, 5.41) is 1.12. The van der Waals surface area contributed by atoms with Gasteiger partial charge in [0.1, 0.15) is 5.82 Å². The second-order valence-electron chi connectivity index (χ2n) is 4.99. The summed E-state index contributed by atoms with van der Waals surface area (Å²) in [4.78, 5) is 0. The van der Waals surface area contributed by atoms with Gasteiger partial charge in [0.05, 0.1) is 5.52 Å². The molecule has 110 valence electrons. The number of allylic oxidation sites excluding steroid dienone is 1. The molecule has 0 spiro atoms. The van der Waals surface area contributed by atoms with Crippen LogP contribution in [0.15, 0.2) is 59.7 Å². The summed E-state index contributed by atoms with van der Waals surface area (Å²) in [6.07, 6.45) is 7.94. The summed E-state index contributed by atoms with van der Waals surface area (Å²) < 4.78 is 16.3. The Labute approximate surface area is 137 Å². The molecule has 1 nitrogen and oxygen atoms in total. The first-order chi connectivity index (χ1) is 10.7. The average molecular weight is 356 g/mol. The molecule has 0 N–H and O–H groups in total. The SMILES string of the molecule is C=Cc1c(Br)cc2ccn(-c3ccc(F)cc3)c2c1/C=C\C. The Bertz CT molecular complexity index is 873. The number of halogens is 2. The van der Waals surface area contributed by atoms with Gasteiger partial charge >= 0.3 is 0 Å². The quantitative estimate of drug-likeness (QED) is 0.526. The minimum Gasteiger partial charge on any atom is -0.316 e. The maximum atomic E-state index is 13.2. The Hall–Kier alpha value is -2.13. The fourth-order valence-electron chi connectivity index (χ4n) is 2.68. The van der Waals surface area contributed by atoms with Crippen molar-refractivity contribution in [3.63, 3.8) is 0 Å². The molecule has 0 aliphatic rings. The van der Waals surface area contributed by atoms with Crippen LogP contribution >= 0.6 is 15.9 Å². The molecule has 0 aliphatic heterocycles. The molecule has 0 radical (unpaired) electrons. The third-order valence-corrected chi connectivity index (χ3v) is 4.30. The first kappa shape index (κ1) is 14.8. The van der Waals surface area contributed by atoms with Crippen molar-refractivity contribution >= 4 is 39.0 Å². The highest BCUT2D eigenvalue weighted by atomic mass is 79.9. The van der Waals surface area contributed by atoms with Crippen LogP contribution in [0.4, 0.5) is 4.39 Å². The minimum atomic E-state index is -0.233. The van der Waals surface area contributed by atoms with Crippen LogP contribution in [-0.4, -0.2) is 4.57 Å². The van der Waals surface area contributed by atoms with E-state index in [-0.39, 0.29) is 5.82 Å². The molecule has 0 bridgehead atoms. The monoisotopic (exact) mass is 355 g/mol. The summed E-state index contributed by atoms with van der Waals surface area (Å²) in [6.45, 7) is 5.91. The molecule has 0 saturated heterocycles. The Balaban J connectivity index is 2.38. The smallest absolute Gasteiger partial charge is 0.123 e. The number of hydrogen-bond donors (Lipinski definition) is 0. The summed E-state index contributed by atoms with van der Waals surface area (Å²) in [5.74, 6) is -0.233. The van der Waals surface area contributed by atoms with E-state index in [2.05, 4.69) is 45.3 Å². The van der Waals surface area contributed by atoms with Crippen LogP contribution in [0.3, 0.4) is 0 Å². The van der Waals surface area contributed by atoms with Crippen molar-refractivity contribution in [2.75, 3.05) is 0 Å². The van der Waals surface area contributed by atoms with E-state index in [0.717, 1.165) is 32.2 Å². The van der Waals surface area contributed by atoms with Gasteiger partial charge in [-0.1, -0.05) is 40.7 Å². The molecule has 1 heterocycles. The lowest BCUT2D eigenvalue weighted by Gasteiger charge is -2.12. The number of aromatic nitrogens is 1. The summed E-state index contributed by atoms with van der Waals surface area (Å²) in [5.41, 5.74) is 4.16. The Kier molecular flexibility index (Phi) is 3.99. The highest BCUT2D eigenvalue weighted by Crippen LogP contribution is 2.33. The van der Waals surface area contributed by atoms with Crippen molar-refractivity contribution < 1.29 is 4.39 Å². The molecule has 1 aromatic heterocycles. The number of nitrogens with zero attached hydrogens (tertiary/aromatic N) is 1. The standard InChI is InChI=1S/C19H15BrFN/c1-3-5-17-16(4-2)18(20)12-13-10-11-22(19(13)17)15-8-6-14(21)7-9-15/h3-12H,2H2,1H3/b5-3-. The molecule has 3 aromatic rings. The van der Waals surface area contributed by atoms with Crippen molar-refractivity contribution in [2.24, 2.45) is 0 Å². The molecule has 0 saturated carbocycles. The van der Waals surface area contributed by atoms with Crippen LogP contribution in [0.2, 0.25) is 0 Å². The van der Waals surface area contributed by atoms with Crippen molar-refractivity contribution in [2.45, 2.75) is 6.92 Å². The largest absolute Gasteiger partial charge is 0.316 e. The van der Waals surface area contributed by atoms with Crippen LogP contribution < -0.4 is 0 Å². The fourth-order valence-corrected chi connectivity index (χ4v) is 3.30. The lowest BCUT2D eigenvalue weighted by molar-refractivity contribution is 0.627. The van der Waals surface area contributed by atoms with Gasteiger partial charge in [-0.2, -0.15) is 0 Å². The normalized spacial score (nSPS) is 11.4. The van der Waals surface area contributed by atoms with E-state index < -0.39 is 0 Å². The Morgan fingerprint density at radius 2 is 1.86 bits per heavy atom. The first-order valence-corrected chi connectivity index (χ1v) is 7.79. The van der Waals surface area contributed by atoms with Crippen molar-refractivity contribution in [3.05, 3.63) is 76.7 Å². The third-order valence-electron chi connectivity index (χ3n) is 3.64. The molecular formula is C19H15BrFN. The second kappa shape index (κ2) is 5.93. The van der Waals surface area contributed by atoms with Gasteiger partial charge in [0.15, 0.2) is 0 Å². The molecule has 0 aliphatic carbocycles. The molecule has 0 fully saturated rings. The molecule has 3 heteroatoms. The van der Waals surface area contributed by atoms with Gasteiger partial charge in [-0.3, -0.25) is 0 Å². The van der Waals surface area contributed by atoms with E-state index in [9.17, 15) is 4.39 Å². The van der Waals surface area contributed by atoms with Crippen molar-refractivity contribution in [1.82, 2.24) is 4.57 Å². The number of rotatable bonds is 3. The van der Waals surface area contributed by atoms with Crippen LogP contribution in [0.1, 0.15) is 18.1 Å². The van der Waals surface area contributed by atoms with E-state index in [1.807, 2.05) is 25.3 Å². The van der Waals surface area contributed by atoms with Crippen molar-refractivity contribution in [3.8, 4) is 5.69 Å². The zero-order chi connectivity index (χ0) is 15.7. The zero-order valence-electron chi connectivity index (χ0n) is 12.2. The van der Waals surface area contributed by atoms with E-state index in [0.29, 0.717) is 0 Å². The predicted octanol–water partition coefficient (Wildman–Crippen LogP) is 6.21. The molecule has 3 rings (SSSR count). The van der Waals surface area contributed by atoms with Gasteiger partial charge in [0.25, 0.3) is 0 Å². The van der Waals surface area contributed by atoms with E-state index >= 15 is 0 Å². The maximum absolute atomic E-state index is 13.2. The molecule has 0 amide bonds. The lowest BCUT2D eigenvalue weighted by atomic mass is 10.0. The summed E-state index contributed by atoms with van der Waals surface area (Å²) in [6, 6.07) is 10.7. The van der Waals surface area contributed by atoms with Gasteiger partial charge in [-0.25, -0.2) is 4.39 Å². The molecule has 0 unspecified atom stereocenters. The zero-order valence-corrected chi connectivity index (χ0v) is 13.8. The topological polar surface area (TPSA) is 4.93 Å². The summed E-state index contributed by atoms with van der Waals surface area (Å²) in [7, 11) is 0. The first-order valence-electron chi connectivity index (χ1n) is 7.00. The Morgan fingerprint density at radius 3 is 2.50 bits per heavy atom. The minimum absolute atomic E-state index is 0.233. The third kappa shape index (κ3) is 2.42. The van der Waals surface area contributed by atoms with Gasteiger partial charge < -0.3 is 4.57 Å². The van der Waals surface area contributed by atoms with Crippen LogP contribution in [0.25, 0.3) is 28.7 Å². The van der Waals surface area contributed by atoms with E-state index in [1.165, 1.54) is 12.1 Å². The Morgan fingerprint density at radius 1 is 1.14 bits per heavy atom.